The Bertz CT molecular complexity index is 387. The van der Waals surface area contributed by atoms with Crippen LogP contribution in [-0.2, 0) is 4.74 Å². The third-order valence-corrected chi connectivity index (χ3v) is 3.08. The Kier molecular flexibility index (Phi) is 7.65. The third-order valence-electron chi connectivity index (χ3n) is 3.08. The molecule has 1 rings (SSSR count). The first-order valence-electron chi connectivity index (χ1n) is 7.19. The average molecular weight is 280 g/mol. The van der Waals surface area contributed by atoms with Gasteiger partial charge in [-0.05, 0) is 37.8 Å². The first kappa shape index (κ1) is 16.4. The molecule has 0 aliphatic carbocycles. The van der Waals surface area contributed by atoms with Gasteiger partial charge < -0.3 is 15.2 Å². The van der Waals surface area contributed by atoms with E-state index in [0.717, 1.165) is 31.6 Å². The first-order chi connectivity index (χ1) is 9.71. The van der Waals surface area contributed by atoms with Crippen molar-refractivity contribution in [3.8, 4) is 0 Å². The van der Waals surface area contributed by atoms with Crippen molar-refractivity contribution in [2.45, 2.75) is 33.1 Å². The number of pyridine rings is 1. The van der Waals surface area contributed by atoms with Gasteiger partial charge in [0.25, 0.3) is 0 Å². The number of rotatable bonds is 9. The molecule has 1 heterocycles. The summed E-state index contributed by atoms with van der Waals surface area (Å²) in [6, 6.07) is 3.47. The van der Waals surface area contributed by atoms with Gasteiger partial charge >= 0.3 is 5.97 Å². The van der Waals surface area contributed by atoms with Gasteiger partial charge in [-0.15, -0.1) is 0 Å². The van der Waals surface area contributed by atoms with Crippen LogP contribution in [0.5, 0.6) is 0 Å². The van der Waals surface area contributed by atoms with Gasteiger partial charge in [0, 0.05) is 19.3 Å². The minimum atomic E-state index is -0.351. The lowest BCUT2D eigenvalue weighted by Gasteiger charge is -2.16. The van der Waals surface area contributed by atoms with Crippen LogP contribution in [0, 0.1) is 5.92 Å². The molecule has 0 radical (unpaired) electrons. The van der Waals surface area contributed by atoms with E-state index in [1.165, 1.54) is 6.20 Å². The molecule has 0 fully saturated rings. The Morgan fingerprint density at radius 2 is 2.20 bits per heavy atom. The maximum absolute atomic E-state index is 11.5. The molecule has 0 bridgehead atoms. The summed E-state index contributed by atoms with van der Waals surface area (Å²) in [7, 11) is 0. The van der Waals surface area contributed by atoms with E-state index in [1.807, 2.05) is 0 Å². The van der Waals surface area contributed by atoms with Crippen molar-refractivity contribution in [1.82, 2.24) is 4.98 Å². The number of hydrogen-bond acceptors (Lipinski definition) is 5. The fourth-order valence-corrected chi connectivity index (χ4v) is 2.02. The fourth-order valence-electron chi connectivity index (χ4n) is 2.02. The smallest absolute Gasteiger partial charge is 0.339 e. The van der Waals surface area contributed by atoms with Gasteiger partial charge in [0.2, 0.25) is 0 Å². The van der Waals surface area contributed by atoms with Gasteiger partial charge in [-0.25, -0.2) is 9.78 Å². The largest absolute Gasteiger partial charge is 0.462 e. The summed E-state index contributed by atoms with van der Waals surface area (Å²) in [6.07, 6.45) is 4.49. The number of esters is 1. The van der Waals surface area contributed by atoms with Crippen molar-refractivity contribution in [2.75, 3.05) is 25.1 Å². The molecular formula is C15H24N2O3. The number of aliphatic hydroxyl groups excluding tert-OH is 1. The van der Waals surface area contributed by atoms with Crippen LogP contribution in [0.15, 0.2) is 18.3 Å². The number of carbonyl (C=O) groups is 1. The van der Waals surface area contributed by atoms with Crippen LogP contribution >= 0.6 is 0 Å². The molecule has 2 N–H and O–H groups in total. The van der Waals surface area contributed by atoms with Crippen LogP contribution in [0.25, 0.3) is 0 Å². The molecule has 0 aliphatic heterocycles. The molecule has 1 unspecified atom stereocenters. The molecule has 5 nitrogen and oxygen atoms in total. The number of ether oxygens (including phenoxy) is 1. The van der Waals surface area contributed by atoms with E-state index in [1.54, 1.807) is 19.1 Å². The van der Waals surface area contributed by atoms with Gasteiger partial charge in [-0.1, -0.05) is 13.3 Å². The van der Waals surface area contributed by atoms with Crippen LogP contribution in [0.4, 0.5) is 5.82 Å². The standard InChI is InChI=1S/C15H24N2O3/c1-3-5-12(8-9-18)10-16-14-7-6-13(11-17-14)15(19)20-4-2/h6-7,11-12,18H,3-5,8-10H2,1-2H3,(H,16,17). The maximum Gasteiger partial charge on any atom is 0.339 e. The summed E-state index contributed by atoms with van der Waals surface area (Å²) in [4.78, 5) is 15.7. The zero-order valence-corrected chi connectivity index (χ0v) is 12.3. The zero-order chi connectivity index (χ0) is 14.8. The number of carbonyl (C=O) groups excluding carboxylic acids is 1. The fraction of sp³-hybridized carbons (Fsp3) is 0.600. The van der Waals surface area contributed by atoms with Gasteiger partial charge in [0.1, 0.15) is 5.82 Å². The molecular weight excluding hydrogens is 256 g/mol. The lowest BCUT2D eigenvalue weighted by molar-refractivity contribution is 0.0526. The number of nitrogens with one attached hydrogen (secondary N) is 1. The Morgan fingerprint density at radius 3 is 2.75 bits per heavy atom. The molecule has 1 aromatic heterocycles. The summed E-state index contributed by atoms with van der Waals surface area (Å²) >= 11 is 0. The van der Waals surface area contributed by atoms with Crippen LogP contribution in [0.2, 0.25) is 0 Å². The normalized spacial score (nSPS) is 11.9. The van der Waals surface area contributed by atoms with E-state index in [2.05, 4.69) is 17.2 Å². The number of aliphatic hydroxyl groups is 1. The second kappa shape index (κ2) is 9.31. The van der Waals surface area contributed by atoms with Crippen molar-refractivity contribution >= 4 is 11.8 Å². The molecule has 20 heavy (non-hydrogen) atoms. The zero-order valence-electron chi connectivity index (χ0n) is 12.3. The van der Waals surface area contributed by atoms with E-state index in [0.29, 0.717) is 18.1 Å². The number of nitrogens with zero attached hydrogens (tertiary/aromatic N) is 1. The molecule has 0 saturated heterocycles. The van der Waals surface area contributed by atoms with Crippen molar-refractivity contribution in [3.63, 3.8) is 0 Å². The average Bonchev–Trinajstić information content (AvgIpc) is 2.46. The summed E-state index contributed by atoms with van der Waals surface area (Å²) < 4.78 is 4.90. The van der Waals surface area contributed by atoms with Crippen LogP contribution < -0.4 is 5.32 Å². The van der Waals surface area contributed by atoms with E-state index in [9.17, 15) is 4.79 Å². The molecule has 1 atom stereocenters. The maximum atomic E-state index is 11.5. The molecule has 0 amide bonds. The predicted octanol–water partition coefficient (Wildman–Crippen LogP) is 2.47. The predicted molar refractivity (Wildman–Crippen MR) is 78.8 cm³/mol. The van der Waals surface area contributed by atoms with Crippen molar-refractivity contribution < 1.29 is 14.6 Å². The quantitative estimate of drug-likeness (QED) is 0.680. The number of anilines is 1. The molecule has 5 heteroatoms. The minimum absolute atomic E-state index is 0.210. The van der Waals surface area contributed by atoms with Crippen molar-refractivity contribution in [1.29, 1.82) is 0 Å². The molecule has 0 aliphatic rings. The highest BCUT2D eigenvalue weighted by Crippen LogP contribution is 2.13. The Balaban J connectivity index is 2.50. The first-order valence-corrected chi connectivity index (χ1v) is 7.19. The van der Waals surface area contributed by atoms with Crippen LogP contribution in [0.3, 0.4) is 0 Å². The summed E-state index contributed by atoms with van der Waals surface area (Å²) in [5.74, 6) is 0.823. The van der Waals surface area contributed by atoms with Gasteiger partial charge in [0.15, 0.2) is 0 Å². The molecule has 0 spiro atoms. The molecule has 0 saturated carbocycles. The minimum Gasteiger partial charge on any atom is -0.462 e. The SMILES string of the molecule is CCCC(CCO)CNc1ccc(C(=O)OCC)cn1. The highest BCUT2D eigenvalue weighted by molar-refractivity contribution is 5.89. The van der Waals surface area contributed by atoms with E-state index < -0.39 is 0 Å². The molecule has 1 aromatic rings. The summed E-state index contributed by atoms with van der Waals surface area (Å²) in [6.45, 7) is 5.26. The molecule has 0 aromatic carbocycles. The highest BCUT2D eigenvalue weighted by Gasteiger charge is 2.09. The second-order valence-electron chi connectivity index (χ2n) is 4.70. The number of aromatic nitrogens is 1. The van der Waals surface area contributed by atoms with Crippen molar-refractivity contribution in [3.05, 3.63) is 23.9 Å². The third kappa shape index (κ3) is 5.57. The van der Waals surface area contributed by atoms with Gasteiger partial charge in [-0.2, -0.15) is 0 Å². The lowest BCUT2D eigenvalue weighted by Crippen LogP contribution is -2.16. The lowest BCUT2D eigenvalue weighted by atomic mass is 10.0. The van der Waals surface area contributed by atoms with E-state index in [4.69, 9.17) is 9.84 Å². The van der Waals surface area contributed by atoms with E-state index >= 15 is 0 Å². The highest BCUT2D eigenvalue weighted by atomic mass is 16.5. The Hall–Kier alpha value is -1.62. The topological polar surface area (TPSA) is 71.5 Å². The van der Waals surface area contributed by atoms with E-state index in [-0.39, 0.29) is 12.6 Å². The van der Waals surface area contributed by atoms with Crippen LogP contribution in [0.1, 0.15) is 43.5 Å². The Labute approximate surface area is 120 Å². The molecule has 112 valence electrons. The summed E-state index contributed by atoms with van der Waals surface area (Å²) in [5.41, 5.74) is 0.456. The number of hydrogen-bond donors (Lipinski definition) is 2. The second-order valence-corrected chi connectivity index (χ2v) is 4.70. The van der Waals surface area contributed by atoms with Crippen LogP contribution in [-0.4, -0.2) is 35.8 Å². The van der Waals surface area contributed by atoms with Crippen molar-refractivity contribution in [2.24, 2.45) is 5.92 Å². The Morgan fingerprint density at radius 1 is 1.40 bits per heavy atom. The van der Waals surface area contributed by atoms with Gasteiger partial charge in [-0.3, -0.25) is 0 Å². The summed E-state index contributed by atoms with van der Waals surface area (Å²) in [5, 5.41) is 12.3. The monoisotopic (exact) mass is 280 g/mol. The van der Waals surface area contributed by atoms with Gasteiger partial charge in [0.05, 0.1) is 12.2 Å².